The van der Waals surface area contributed by atoms with Gasteiger partial charge >= 0.3 is 0 Å². The van der Waals surface area contributed by atoms with Crippen LogP contribution in [0.3, 0.4) is 0 Å². The number of nitrogens with zero attached hydrogens (tertiary/aromatic N) is 3. The molecular weight excluding hydrogens is 402 g/mol. The molecule has 3 rings (SSSR count). The van der Waals surface area contributed by atoms with Gasteiger partial charge in [0.15, 0.2) is 5.96 Å². The van der Waals surface area contributed by atoms with Gasteiger partial charge in [0.05, 0.1) is 13.0 Å². The molecule has 0 bridgehead atoms. The van der Waals surface area contributed by atoms with Crippen LogP contribution in [-0.4, -0.2) is 67.3 Å². The van der Waals surface area contributed by atoms with Crippen molar-refractivity contribution in [1.82, 2.24) is 15.1 Å². The van der Waals surface area contributed by atoms with E-state index < -0.39 is 0 Å². The van der Waals surface area contributed by atoms with Crippen molar-refractivity contribution in [3.63, 3.8) is 0 Å². The SMILES string of the molecule is CN=C(NCC(=O)Nc1ccccc1)N1CCN(C(=O)Cc2cccc(Cl)c2)CC1. The summed E-state index contributed by atoms with van der Waals surface area (Å²) in [6, 6.07) is 16.7. The number of guanidine groups is 1. The maximum atomic E-state index is 12.6. The van der Waals surface area contributed by atoms with Crippen molar-refractivity contribution in [2.75, 3.05) is 45.1 Å². The normalized spacial score (nSPS) is 14.4. The molecule has 0 unspecified atom stereocenters. The van der Waals surface area contributed by atoms with Gasteiger partial charge in [-0.1, -0.05) is 41.9 Å². The number of halogens is 1. The Morgan fingerprint density at radius 3 is 2.37 bits per heavy atom. The van der Waals surface area contributed by atoms with Crippen molar-refractivity contribution in [2.24, 2.45) is 4.99 Å². The largest absolute Gasteiger partial charge is 0.347 e. The van der Waals surface area contributed by atoms with E-state index in [1.807, 2.05) is 53.4 Å². The summed E-state index contributed by atoms with van der Waals surface area (Å²) in [5.74, 6) is 0.597. The first-order chi connectivity index (χ1) is 14.5. The summed E-state index contributed by atoms with van der Waals surface area (Å²) in [4.78, 5) is 32.9. The van der Waals surface area contributed by atoms with Crippen LogP contribution in [0, 0.1) is 0 Å². The molecule has 7 nitrogen and oxygen atoms in total. The number of piperazine rings is 1. The molecule has 0 aliphatic carbocycles. The smallest absolute Gasteiger partial charge is 0.243 e. The fourth-order valence-electron chi connectivity index (χ4n) is 3.32. The third-order valence-corrected chi connectivity index (χ3v) is 5.09. The van der Waals surface area contributed by atoms with Crippen LogP contribution in [0.15, 0.2) is 59.6 Å². The van der Waals surface area contributed by atoms with Crippen LogP contribution in [0.2, 0.25) is 5.02 Å². The fourth-order valence-corrected chi connectivity index (χ4v) is 3.53. The van der Waals surface area contributed by atoms with Crippen LogP contribution in [0.1, 0.15) is 5.56 Å². The second-order valence-electron chi connectivity index (χ2n) is 6.99. The Morgan fingerprint density at radius 2 is 1.70 bits per heavy atom. The minimum atomic E-state index is -0.141. The zero-order valence-corrected chi connectivity index (χ0v) is 17.7. The molecule has 2 aromatic carbocycles. The number of carbonyl (C=O) groups excluding carboxylic acids is 2. The number of carbonyl (C=O) groups is 2. The lowest BCUT2D eigenvalue weighted by Crippen LogP contribution is -2.54. The molecule has 2 aromatic rings. The third kappa shape index (κ3) is 6.22. The number of nitrogens with one attached hydrogen (secondary N) is 2. The molecule has 2 amide bonds. The van der Waals surface area contributed by atoms with Crippen molar-refractivity contribution in [1.29, 1.82) is 0 Å². The second kappa shape index (κ2) is 10.6. The van der Waals surface area contributed by atoms with Gasteiger partial charge in [0.2, 0.25) is 11.8 Å². The first kappa shape index (κ1) is 21.6. The number of hydrogen-bond donors (Lipinski definition) is 2. The highest BCUT2D eigenvalue weighted by Gasteiger charge is 2.23. The van der Waals surface area contributed by atoms with Gasteiger partial charge in [0.25, 0.3) is 0 Å². The Balaban J connectivity index is 1.44. The topological polar surface area (TPSA) is 77.0 Å². The summed E-state index contributed by atoms with van der Waals surface area (Å²) >= 11 is 6.00. The van der Waals surface area contributed by atoms with Gasteiger partial charge in [-0.2, -0.15) is 0 Å². The molecule has 2 N–H and O–H groups in total. The van der Waals surface area contributed by atoms with Crippen molar-refractivity contribution < 1.29 is 9.59 Å². The molecular formula is C22H26ClN5O2. The summed E-state index contributed by atoms with van der Waals surface area (Å²) in [6.07, 6.45) is 0.340. The molecule has 1 aliphatic rings. The quantitative estimate of drug-likeness (QED) is 0.566. The maximum Gasteiger partial charge on any atom is 0.243 e. The number of amides is 2. The van der Waals surface area contributed by atoms with Gasteiger partial charge in [0.1, 0.15) is 0 Å². The number of hydrogen-bond acceptors (Lipinski definition) is 3. The van der Waals surface area contributed by atoms with Crippen LogP contribution >= 0.6 is 11.6 Å². The Kier molecular flexibility index (Phi) is 7.68. The minimum absolute atomic E-state index is 0.0853. The second-order valence-corrected chi connectivity index (χ2v) is 7.43. The third-order valence-electron chi connectivity index (χ3n) is 4.85. The van der Waals surface area contributed by atoms with E-state index in [1.54, 1.807) is 13.1 Å². The molecule has 1 fully saturated rings. The van der Waals surface area contributed by atoms with E-state index in [-0.39, 0.29) is 18.4 Å². The Labute approximate surface area is 181 Å². The Bertz CT molecular complexity index is 895. The van der Waals surface area contributed by atoms with E-state index in [9.17, 15) is 9.59 Å². The fraction of sp³-hybridized carbons (Fsp3) is 0.318. The van der Waals surface area contributed by atoms with E-state index >= 15 is 0 Å². The zero-order chi connectivity index (χ0) is 21.3. The Hall–Kier alpha value is -3.06. The molecule has 30 heavy (non-hydrogen) atoms. The Morgan fingerprint density at radius 1 is 1.00 bits per heavy atom. The van der Waals surface area contributed by atoms with Gasteiger partial charge in [-0.05, 0) is 29.8 Å². The predicted molar refractivity (Wildman–Crippen MR) is 120 cm³/mol. The van der Waals surface area contributed by atoms with Crippen LogP contribution in [0.25, 0.3) is 0 Å². The lowest BCUT2D eigenvalue weighted by atomic mass is 10.1. The number of anilines is 1. The molecule has 0 aromatic heterocycles. The van der Waals surface area contributed by atoms with Crippen LogP contribution in [0.5, 0.6) is 0 Å². The summed E-state index contributed by atoms with van der Waals surface area (Å²) in [5.41, 5.74) is 1.67. The number of rotatable bonds is 5. The highest BCUT2D eigenvalue weighted by atomic mass is 35.5. The number of aliphatic imine (C=N–C) groups is 1. The van der Waals surface area contributed by atoms with Gasteiger partial charge in [-0.15, -0.1) is 0 Å². The average molecular weight is 428 g/mol. The molecule has 0 atom stereocenters. The van der Waals surface area contributed by atoms with Crippen molar-refractivity contribution in [3.8, 4) is 0 Å². The lowest BCUT2D eigenvalue weighted by Gasteiger charge is -2.36. The standard InChI is InChI=1S/C22H26ClN5O2/c1-24-22(25-16-20(29)26-19-8-3-2-4-9-19)28-12-10-27(11-13-28)21(30)15-17-6-5-7-18(23)14-17/h2-9,14H,10-13,15-16H2,1H3,(H,24,25)(H,26,29). The molecule has 8 heteroatoms. The molecule has 1 aliphatic heterocycles. The van der Waals surface area contributed by atoms with Gasteiger partial charge < -0.3 is 20.4 Å². The monoisotopic (exact) mass is 427 g/mol. The highest BCUT2D eigenvalue weighted by Crippen LogP contribution is 2.13. The zero-order valence-electron chi connectivity index (χ0n) is 17.0. The lowest BCUT2D eigenvalue weighted by molar-refractivity contribution is -0.131. The van der Waals surface area contributed by atoms with E-state index in [4.69, 9.17) is 11.6 Å². The summed E-state index contributed by atoms with van der Waals surface area (Å²) < 4.78 is 0. The highest BCUT2D eigenvalue weighted by molar-refractivity contribution is 6.30. The first-order valence-electron chi connectivity index (χ1n) is 9.88. The summed E-state index contributed by atoms with van der Waals surface area (Å²) in [6.45, 7) is 2.64. The summed E-state index contributed by atoms with van der Waals surface area (Å²) in [5, 5.41) is 6.57. The van der Waals surface area contributed by atoms with Gasteiger partial charge in [-0.3, -0.25) is 14.6 Å². The van der Waals surface area contributed by atoms with E-state index in [0.717, 1.165) is 11.3 Å². The first-order valence-corrected chi connectivity index (χ1v) is 10.3. The molecule has 158 valence electrons. The van der Waals surface area contributed by atoms with Crippen molar-refractivity contribution in [2.45, 2.75) is 6.42 Å². The molecule has 1 heterocycles. The van der Waals surface area contributed by atoms with Crippen molar-refractivity contribution >= 4 is 35.1 Å². The van der Waals surface area contributed by atoms with Gasteiger partial charge in [0, 0.05) is 43.9 Å². The molecule has 0 saturated carbocycles. The summed E-state index contributed by atoms with van der Waals surface area (Å²) in [7, 11) is 1.69. The predicted octanol–water partition coefficient (Wildman–Crippen LogP) is 2.24. The maximum absolute atomic E-state index is 12.6. The minimum Gasteiger partial charge on any atom is -0.347 e. The number of para-hydroxylation sites is 1. The van der Waals surface area contributed by atoms with E-state index in [1.165, 1.54) is 0 Å². The molecule has 0 spiro atoms. The van der Waals surface area contributed by atoms with Crippen LogP contribution in [-0.2, 0) is 16.0 Å². The van der Waals surface area contributed by atoms with E-state index in [2.05, 4.69) is 20.5 Å². The van der Waals surface area contributed by atoms with Gasteiger partial charge in [-0.25, -0.2) is 0 Å². The molecule has 0 radical (unpaired) electrons. The average Bonchev–Trinajstić information content (AvgIpc) is 2.75. The van der Waals surface area contributed by atoms with Crippen LogP contribution in [0.4, 0.5) is 5.69 Å². The van der Waals surface area contributed by atoms with E-state index in [0.29, 0.717) is 43.6 Å². The number of benzene rings is 2. The molecule has 1 saturated heterocycles. The van der Waals surface area contributed by atoms with Crippen LogP contribution < -0.4 is 10.6 Å². The van der Waals surface area contributed by atoms with Crippen molar-refractivity contribution in [3.05, 3.63) is 65.2 Å².